The van der Waals surface area contributed by atoms with Crippen LogP contribution >= 0.6 is 0 Å². The highest BCUT2D eigenvalue weighted by Gasteiger charge is 2.57. The standard InChI is InChI=1S/C41H42N2O4/c1-4-26(22-27-15-20-36(44)32-13-9-8-12-31(27)32)14-21-37-38-33(25(2)3)23-34-39(35(38)24-47-37)41(46)43(40(34)45)30-18-16-29(17-19-30)42-28-10-6-5-7-11-28/h5-13,15-20,22,25,34-35,37,39,42,44H,4,14,21,23-24H2,1-3H3/b26-22+/t34-,35+,37-,39-/m1/s1. The molecule has 6 heteroatoms. The summed E-state index contributed by atoms with van der Waals surface area (Å²) in [5.41, 5.74) is 7.46. The van der Waals surface area contributed by atoms with Crippen LogP contribution < -0.4 is 10.2 Å². The number of ether oxygens (including phenoxy) is 1. The Morgan fingerprint density at radius 1 is 0.894 bits per heavy atom. The second-order valence-corrected chi connectivity index (χ2v) is 13.4. The number of phenolic OH excluding ortho intramolecular Hbond substituents is 1. The molecule has 0 aromatic heterocycles. The molecule has 3 aliphatic rings. The molecule has 7 rings (SSSR count). The predicted molar refractivity (Wildman–Crippen MR) is 188 cm³/mol. The lowest BCUT2D eigenvalue weighted by Gasteiger charge is -2.33. The molecular formula is C41H42N2O4. The molecule has 2 amide bonds. The van der Waals surface area contributed by atoms with Gasteiger partial charge >= 0.3 is 0 Å². The van der Waals surface area contributed by atoms with Crippen LogP contribution in [0.4, 0.5) is 17.1 Å². The SMILES string of the molecule is CC/C(=C\c1ccc(O)c2ccccc12)CC[C@H]1OC[C@H]2C1=C(C(C)C)C[C@H]1C(=O)N(c3ccc(Nc4ccccc4)cc3)C(=O)[C@H]12. The Hall–Kier alpha value is -4.68. The molecule has 0 radical (unpaired) electrons. The van der Waals surface area contributed by atoms with E-state index in [-0.39, 0.29) is 35.7 Å². The van der Waals surface area contributed by atoms with Gasteiger partial charge in [0, 0.05) is 22.7 Å². The van der Waals surface area contributed by atoms with Crippen molar-refractivity contribution in [2.24, 2.45) is 23.7 Å². The molecule has 1 aliphatic carbocycles. The van der Waals surface area contributed by atoms with Gasteiger partial charge in [0.05, 0.1) is 30.2 Å². The summed E-state index contributed by atoms with van der Waals surface area (Å²) in [5.74, 6) is -0.466. The number of carbonyl (C=O) groups excluding carboxylic acids is 2. The van der Waals surface area contributed by atoms with Gasteiger partial charge in [-0.3, -0.25) is 14.5 Å². The number of nitrogens with zero attached hydrogens (tertiary/aromatic N) is 1. The van der Waals surface area contributed by atoms with Gasteiger partial charge in [0.15, 0.2) is 0 Å². The first-order valence-corrected chi connectivity index (χ1v) is 16.9. The van der Waals surface area contributed by atoms with Gasteiger partial charge in [0.25, 0.3) is 0 Å². The number of nitrogens with one attached hydrogen (secondary N) is 1. The van der Waals surface area contributed by atoms with Crippen molar-refractivity contribution in [2.75, 3.05) is 16.8 Å². The first kappa shape index (κ1) is 30.9. The molecule has 2 aliphatic heterocycles. The van der Waals surface area contributed by atoms with E-state index in [1.54, 1.807) is 6.07 Å². The number of hydrogen-bond donors (Lipinski definition) is 2. The number of imide groups is 1. The fourth-order valence-corrected chi connectivity index (χ4v) is 7.92. The van der Waals surface area contributed by atoms with Crippen molar-refractivity contribution in [3.05, 3.63) is 113 Å². The molecule has 6 nitrogen and oxygen atoms in total. The summed E-state index contributed by atoms with van der Waals surface area (Å²) in [7, 11) is 0. The second kappa shape index (κ2) is 12.8. The van der Waals surface area contributed by atoms with Gasteiger partial charge in [0.2, 0.25) is 11.8 Å². The number of amides is 2. The first-order chi connectivity index (χ1) is 22.8. The molecule has 4 aromatic carbocycles. The van der Waals surface area contributed by atoms with Gasteiger partial charge in [-0.05, 0) is 90.6 Å². The van der Waals surface area contributed by atoms with Gasteiger partial charge in [-0.25, -0.2) is 0 Å². The summed E-state index contributed by atoms with van der Waals surface area (Å²) in [5, 5.41) is 15.6. The van der Waals surface area contributed by atoms with Crippen LogP contribution in [0.5, 0.6) is 5.75 Å². The first-order valence-electron chi connectivity index (χ1n) is 16.9. The summed E-state index contributed by atoms with van der Waals surface area (Å²) in [4.78, 5) is 29.4. The van der Waals surface area contributed by atoms with E-state index in [1.165, 1.54) is 21.6 Å². The molecule has 2 N–H and O–H groups in total. The Bertz CT molecular complexity index is 1870. The Kier molecular flexibility index (Phi) is 8.46. The van der Waals surface area contributed by atoms with E-state index in [0.717, 1.165) is 47.0 Å². The maximum absolute atomic E-state index is 14.1. The minimum absolute atomic E-state index is 0.0647. The van der Waals surface area contributed by atoms with E-state index >= 15 is 0 Å². The number of phenols is 1. The molecule has 2 fully saturated rings. The summed E-state index contributed by atoms with van der Waals surface area (Å²) in [6.07, 6.45) is 5.41. The minimum atomic E-state index is -0.392. The number of anilines is 3. The Morgan fingerprint density at radius 2 is 1.60 bits per heavy atom. The van der Waals surface area contributed by atoms with Crippen molar-refractivity contribution in [2.45, 2.75) is 52.6 Å². The van der Waals surface area contributed by atoms with Gasteiger partial charge < -0.3 is 15.2 Å². The van der Waals surface area contributed by atoms with Crippen molar-refractivity contribution < 1.29 is 19.4 Å². The number of carbonyl (C=O) groups is 2. The number of benzene rings is 4. The van der Waals surface area contributed by atoms with Gasteiger partial charge in [-0.2, -0.15) is 0 Å². The van der Waals surface area contributed by atoms with Crippen LogP contribution in [0.25, 0.3) is 16.8 Å². The zero-order valence-electron chi connectivity index (χ0n) is 27.3. The van der Waals surface area contributed by atoms with Crippen LogP contribution in [0.1, 0.15) is 52.0 Å². The lowest BCUT2D eigenvalue weighted by atomic mass is 9.67. The monoisotopic (exact) mass is 626 g/mol. The maximum atomic E-state index is 14.1. The smallest absolute Gasteiger partial charge is 0.238 e. The number of aromatic hydroxyl groups is 1. The number of hydrogen-bond acceptors (Lipinski definition) is 5. The Labute approximate surface area is 276 Å². The van der Waals surface area contributed by atoms with Crippen molar-refractivity contribution in [1.82, 2.24) is 0 Å². The largest absolute Gasteiger partial charge is 0.507 e. The van der Waals surface area contributed by atoms with Crippen LogP contribution in [0.15, 0.2) is 108 Å². The van der Waals surface area contributed by atoms with Crippen LogP contribution in [0.2, 0.25) is 0 Å². The van der Waals surface area contributed by atoms with Crippen LogP contribution in [0.3, 0.4) is 0 Å². The summed E-state index contributed by atoms with van der Waals surface area (Å²) in [6, 6.07) is 29.2. The lowest BCUT2D eigenvalue weighted by molar-refractivity contribution is -0.122. The molecule has 0 saturated carbocycles. The quantitative estimate of drug-likeness (QED) is 0.143. The Balaban J connectivity index is 1.10. The van der Waals surface area contributed by atoms with E-state index in [9.17, 15) is 14.7 Å². The number of para-hydroxylation sites is 1. The van der Waals surface area contributed by atoms with E-state index < -0.39 is 5.92 Å². The molecule has 4 atom stereocenters. The second-order valence-electron chi connectivity index (χ2n) is 13.4. The van der Waals surface area contributed by atoms with E-state index in [0.29, 0.717) is 24.5 Å². The summed E-state index contributed by atoms with van der Waals surface area (Å²) < 4.78 is 6.51. The minimum Gasteiger partial charge on any atom is -0.507 e. The average molecular weight is 627 g/mol. The molecule has 0 bridgehead atoms. The normalized spacial score (nSPS) is 22.7. The number of allylic oxidation sites excluding steroid dienone is 2. The molecular weight excluding hydrogens is 584 g/mol. The van der Waals surface area contributed by atoms with Crippen molar-refractivity contribution >= 4 is 45.7 Å². The summed E-state index contributed by atoms with van der Waals surface area (Å²) in [6.45, 7) is 7.04. The van der Waals surface area contributed by atoms with E-state index in [4.69, 9.17) is 4.74 Å². The third-order valence-electron chi connectivity index (χ3n) is 10.3. The van der Waals surface area contributed by atoms with Crippen LogP contribution in [-0.4, -0.2) is 29.6 Å². The van der Waals surface area contributed by atoms with E-state index in [2.05, 4.69) is 38.2 Å². The molecule has 2 heterocycles. The molecule has 2 saturated heterocycles. The van der Waals surface area contributed by atoms with Crippen LogP contribution in [0, 0.1) is 23.7 Å². The molecule has 47 heavy (non-hydrogen) atoms. The highest BCUT2D eigenvalue weighted by molar-refractivity contribution is 6.22. The average Bonchev–Trinajstić information content (AvgIpc) is 3.62. The number of fused-ring (bicyclic) bond motifs is 4. The Morgan fingerprint density at radius 3 is 2.32 bits per heavy atom. The van der Waals surface area contributed by atoms with Crippen molar-refractivity contribution in [3.8, 4) is 5.75 Å². The summed E-state index contributed by atoms with van der Waals surface area (Å²) >= 11 is 0. The third-order valence-corrected chi connectivity index (χ3v) is 10.3. The fourth-order valence-electron chi connectivity index (χ4n) is 7.92. The molecule has 0 unspecified atom stereocenters. The maximum Gasteiger partial charge on any atom is 0.238 e. The molecule has 240 valence electrons. The zero-order valence-corrected chi connectivity index (χ0v) is 27.3. The van der Waals surface area contributed by atoms with Crippen molar-refractivity contribution in [1.29, 1.82) is 0 Å². The zero-order chi connectivity index (χ0) is 32.7. The van der Waals surface area contributed by atoms with Gasteiger partial charge in [-0.15, -0.1) is 0 Å². The van der Waals surface area contributed by atoms with E-state index in [1.807, 2.05) is 78.9 Å². The lowest BCUT2D eigenvalue weighted by Crippen LogP contribution is -2.35. The van der Waals surface area contributed by atoms with Crippen molar-refractivity contribution in [3.63, 3.8) is 0 Å². The number of rotatable bonds is 9. The predicted octanol–water partition coefficient (Wildman–Crippen LogP) is 9.04. The highest BCUT2D eigenvalue weighted by atomic mass is 16.5. The third kappa shape index (κ3) is 5.76. The van der Waals surface area contributed by atoms with Gasteiger partial charge in [0.1, 0.15) is 5.75 Å². The topological polar surface area (TPSA) is 78.9 Å². The fraction of sp³-hybridized carbons (Fsp3) is 0.317. The molecule has 0 spiro atoms. The highest BCUT2D eigenvalue weighted by Crippen LogP contribution is 2.52. The van der Waals surface area contributed by atoms with Crippen LogP contribution in [-0.2, 0) is 14.3 Å². The molecule has 4 aromatic rings. The van der Waals surface area contributed by atoms with Gasteiger partial charge in [-0.1, -0.05) is 86.5 Å².